The van der Waals surface area contributed by atoms with E-state index in [2.05, 4.69) is 5.32 Å². The lowest BCUT2D eigenvalue weighted by Gasteiger charge is -2.30. The van der Waals surface area contributed by atoms with Gasteiger partial charge in [-0.15, -0.1) is 0 Å². The Morgan fingerprint density at radius 1 is 1.00 bits per heavy atom. The van der Waals surface area contributed by atoms with Gasteiger partial charge in [0.15, 0.2) is 5.78 Å². The van der Waals surface area contributed by atoms with Gasteiger partial charge in [0.1, 0.15) is 12.1 Å². The van der Waals surface area contributed by atoms with Crippen LogP contribution in [-0.2, 0) is 14.4 Å². The average Bonchev–Trinajstić information content (AvgIpc) is 3.49. The summed E-state index contributed by atoms with van der Waals surface area (Å²) in [5.74, 6) is -0.263. The number of hydrogen-bond acceptors (Lipinski definition) is 6. The van der Waals surface area contributed by atoms with Crippen LogP contribution in [0.1, 0.15) is 75.6 Å². The molecule has 39 heavy (non-hydrogen) atoms. The Balaban J connectivity index is 1.43. The summed E-state index contributed by atoms with van der Waals surface area (Å²) in [5.41, 5.74) is 7.80. The van der Waals surface area contributed by atoms with Gasteiger partial charge in [0.2, 0.25) is 11.8 Å². The van der Waals surface area contributed by atoms with Crippen molar-refractivity contribution in [3.05, 3.63) is 29.8 Å². The number of nitrogens with zero attached hydrogens (tertiary/aromatic N) is 3. The van der Waals surface area contributed by atoms with Crippen molar-refractivity contribution >= 4 is 29.2 Å². The van der Waals surface area contributed by atoms with E-state index in [1.807, 2.05) is 45.0 Å². The predicted octanol–water partition coefficient (Wildman–Crippen LogP) is 2.58. The topological polar surface area (TPSA) is 116 Å². The molecule has 2 saturated heterocycles. The van der Waals surface area contributed by atoms with Crippen molar-refractivity contribution in [2.24, 2.45) is 17.6 Å². The van der Waals surface area contributed by atoms with Crippen LogP contribution in [0, 0.1) is 11.8 Å². The van der Waals surface area contributed by atoms with E-state index >= 15 is 0 Å². The van der Waals surface area contributed by atoms with E-state index < -0.39 is 18.1 Å². The number of amides is 3. The number of carbonyl (C=O) groups excluding carboxylic acids is 4. The highest BCUT2D eigenvalue weighted by Crippen LogP contribution is 2.33. The number of carbonyl (C=O) groups is 4. The number of rotatable bonds is 9. The van der Waals surface area contributed by atoms with Crippen molar-refractivity contribution in [3.8, 4) is 0 Å². The molecule has 1 aliphatic carbocycles. The average molecular weight is 540 g/mol. The van der Waals surface area contributed by atoms with Crippen LogP contribution in [0.5, 0.6) is 0 Å². The van der Waals surface area contributed by atoms with Gasteiger partial charge in [-0.25, -0.2) is 0 Å². The molecule has 2 aliphatic heterocycles. The van der Waals surface area contributed by atoms with Crippen LogP contribution in [0.2, 0.25) is 0 Å². The van der Waals surface area contributed by atoms with Gasteiger partial charge < -0.3 is 25.8 Å². The van der Waals surface area contributed by atoms with Crippen LogP contribution in [0.25, 0.3) is 0 Å². The third-order valence-electron chi connectivity index (χ3n) is 8.57. The zero-order chi connectivity index (χ0) is 28.3. The predicted molar refractivity (Wildman–Crippen MR) is 151 cm³/mol. The molecule has 0 radical (unpaired) electrons. The quantitative estimate of drug-likeness (QED) is 0.498. The fourth-order valence-corrected chi connectivity index (χ4v) is 6.50. The van der Waals surface area contributed by atoms with Crippen molar-refractivity contribution in [1.29, 1.82) is 0 Å². The molecule has 0 spiro atoms. The summed E-state index contributed by atoms with van der Waals surface area (Å²) < 4.78 is 0. The lowest BCUT2D eigenvalue weighted by molar-refractivity contribution is -0.138. The second-order valence-corrected chi connectivity index (χ2v) is 12.2. The molecule has 2 heterocycles. The maximum Gasteiger partial charge on any atom is 0.251 e. The molecule has 1 unspecified atom stereocenters. The minimum atomic E-state index is -0.754. The van der Waals surface area contributed by atoms with E-state index in [0.717, 1.165) is 18.5 Å². The summed E-state index contributed by atoms with van der Waals surface area (Å²) >= 11 is 0. The molecule has 214 valence electrons. The van der Waals surface area contributed by atoms with Crippen LogP contribution >= 0.6 is 0 Å². The van der Waals surface area contributed by atoms with Crippen LogP contribution in [0.15, 0.2) is 24.3 Å². The number of fused-ring (bicyclic) bond motifs is 1. The number of Topliss-reactive ketones (excluding diaryl/α,β-unsaturated/α-hetero) is 1. The van der Waals surface area contributed by atoms with E-state index in [4.69, 9.17) is 5.73 Å². The maximum atomic E-state index is 13.8. The molecule has 0 aromatic heterocycles. The Labute approximate surface area is 232 Å². The number of nitrogens with one attached hydrogen (secondary N) is 1. The van der Waals surface area contributed by atoms with E-state index in [1.165, 1.54) is 19.3 Å². The van der Waals surface area contributed by atoms with Crippen molar-refractivity contribution in [1.82, 2.24) is 15.1 Å². The first-order valence-corrected chi connectivity index (χ1v) is 14.5. The fraction of sp³-hybridized carbons (Fsp3) is 0.667. The van der Waals surface area contributed by atoms with E-state index in [-0.39, 0.29) is 42.0 Å². The molecule has 0 bridgehead atoms. The monoisotopic (exact) mass is 539 g/mol. The molecule has 4 rings (SSSR count). The summed E-state index contributed by atoms with van der Waals surface area (Å²) in [4.78, 5) is 58.5. The van der Waals surface area contributed by atoms with Gasteiger partial charge in [0, 0.05) is 31.9 Å². The lowest BCUT2D eigenvalue weighted by atomic mass is 9.84. The summed E-state index contributed by atoms with van der Waals surface area (Å²) in [5, 5.41) is 2.93. The molecule has 9 nitrogen and oxygen atoms in total. The molecule has 1 aromatic carbocycles. The van der Waals surface area contributed by atoms with Crippen LogP contribution < -0.4 is 16.0 Å². The molecule has 9 heteroatoms. The third-order valence-corrected chi connectivity index (χ3v) is 8.57. The largest absolute Gasteiger partial charge is 0.378 e. The number of nitrogens with two attached hydrogens (primary N) is 1. The molecule has 3 amide bonds. The number of hydrogen-bond donors (Lipinski definition) is 2. The SMILES string of the molecule is CC(C)C[C@H](NC(=O)c1ccc(N(C)C)cc1)C(=O)N1CCC2[C@H]1C(=O)CN2C(=O)[C@@H](N)CC1CCCCC1. The van der Waals surface area contributed by atoms with Gasteiger partial charge >= 0.3 is 0 Å². The minimum Gasteiger partial charge on any atom is -0.378 e. The van der Waals surface area contributed by atoms with Crippen molar-refractivity contribution < 1.29 is 19.2 Å². The summed E-state index contributed by atoms with van der Waals surface area (Å²) in [6.07, 6.45) is 7.48. The maximum absolute atomic E-state index is 13.8. The van der Waals surface area contributed by atoms with Gasteiger partial charge in [0.25, 0.3) is 5.91 Å². The standard InChI is InChI=1S/C30H45N5O4/c1-19(2)16-24(32-28(37)21-10-12-22(13-11-21)33(3)4)30(39)34-15-14-25-27(34)26(36)18-35(25)29(38)23(31)17-20-8-6-5-7-9-20/h10-13,19-20,23-25,27H,5-9,14-18,31H2,1-4H3,(H,32,37)/t23-,24-,25?,27-/m0/s1. The number of anilines is 1. The van der Waals surface area contributed by atoms with Crippen molar-refractivity contribution in [2.45, 2.75) is 89.4 Å². The second kappa shape index (κ2) is 12.5. The summed E-state index contributed by atoms with van der Waals surface area (Å²) in [6, 6.07) is 4.83. The Morgan fingerprint density at radius 2 is 1.67 bits per heavy atom. The summed E-state index contributed by atoms with van der Waals surface area (Å²) in [6.45, 7) is 4.37. The van der Waals surface area contributed by atoms with Crippen molar-refractivity contribution in [3.63, 3.8) is 0 Å². The first kappa shape index (κ1) is 29.1. The molecule has 3 aliphatic rings. The zero-order valence-corrected chi connectivity index (χ0v) is 23.9. The zero-order valence-electron chi connectivity index (χ0n) is 23.9. The van der Waals surface area contributed by atoms with Crippen molar-refractivity contribution in [2.75, 3.05) is 32.1 Å². The summed E-state index contributed by atoms with van der Waals surface area (Å²) in [7, 11) is 3.86. The van der Waals surface area contributed by atoms with Gasteiger partial charge in [-0.3, -0.25) is 19.2 Å². The number of ketones is 1. The smallest absolute Gasteiger partial charge is 0.251 e. The second-order valence-electron chi connectivity index (χ2n) is 12.2. The van der Waals surface area contributed by atoms with Gasteiger partial charge in [-0.1, -0.05) is 46.0 Å². The third kappa shape index (κ3) is 6.62. The van der Waals surface area contributed by atoms with Gasteiger partial charge in [0.05, 0.1) is 18.6 Å². The van der Waals surface area contributed by atoms with E-state index in [1.54, 1.807) is 21.9 Å². The van der Waals surface area contributed by atoms with Crippen LogP contribution in [0.4, 0.5) is 5.69 Å². The first-order chi connectivity index (χ1) is 18.6. The highest BCUT2D eigenvalue weighted by molar-refractivity contribution is 6.01. The normalized spacial score (nSPS) is 23.1. The van der Waals surface area contributed by atoms with Crippen LogP contribution in [0.3, 0.4) is 0 Å². The number of likely N-dealkylation sites (tertiary alicyclic amines) is 2. The Hall–Kier alpha value is -2.94. The number of benzene rings is 1. The molecule has 3 fully saturated rings. The molecule has 3 N–H and O–H groups in total. The Kier molecular flexibility index (Phi) is 9.31. The molecular formula is C30H45N5O4. The molecular weight excluding hydrogens is 494 g/mol. The Bertz CT molecular complexity index is 1050. The highest BCUT2D eigenvalue weighted by atomic mass is 16.2. The van der Waals surface area contributed by atoms with Crippen LogP contribution in [-0.4, -0.2) is 84.7 Å². The lowest BCUT2D eigenvalue weighted by Crippen LogP contribution is -2.53. The minimum absolute atomic E-state index is 0.00422. The van der Waals surface area contributed by atoms with Gasteiger partial charge in [-0.05, 0) is 55.4 Å². The molecule has 1 saturated carbocycles. The van der Waals surface area contributed by atoms with E-state index in [9.17, 15) is 19.2 Å². The molecule has 4 atom stereocenters. The fourth-order valence-electron chi connectivity index (χ4n) is 6.50. The Morgan fingerprint density at radius 3 is 2.28 bits per heavy atom. The highest BCUT2D eigenvalue weighted by Gasteiger charge is 2.52. The first-order valence-electron chi connectivity index (χ1n) is 14.5. The van der Waals surface area contributed by atoms with Gasteiger partial charge in [-0.2, -0.15) is 0 Å². The molecule has 1 aromatic rings. The van der Waals surface area contributed by atoms with E-state index in [0.29, 0.717) is 37.3 Å².